The quantitative estimate of drug-likeness (QED) is 0.482. The smallest absolute Gasteiger partial charge is 0.177 e. The molecule has 0 heterocycles. The number of rotatable bonds is 0. The van der Waals surface area contributed by atoms with Crippen molar-refractivity contribution in [1.29, 1.82) is 0 Å². The molecule has 2 aromatic rings. The van der Waals surface area contributed by atoms with E-state index in [4.69, 9.17) is 0 Å². The fourth-order valence-corrected chi connectivity index (χ4v) is 2.22. The molecule has 0 saturated heterocycles. The standard InChI is InChI=1S/2C9H11.Mn/c2*1-7-4-8(2)6-9(3)5-7;/h2*4-5H,1-3H3;/q2*-1;+2. The maximum absolute atomic E-state index is 3.21. The first-order chi connectivity index (χ1) is 8.36. The molecule has 0 aliphatic heterocycles. The maximum atomic E-state index is 3.21. The number of aryl methyl sites for hydroxylation is 6. The average molecular weight is 293 g/mol. The third-order valence-electron chi connectivity index (χ3n) is 2.57. The molecule has 0 aromatic heterocycles. The predicted molar refractivity (Wildman–Crippen MR) is 79.0 cm³/mol. The third-order valence-corrected chi connectivity index (χ3v) is 2.57. The molecule has 1 radical (unpaired) electrons. The molecule has 1 heteroatoms. The van der Waals surface area contributed by atoms with Crippen LogP contribution in [0.1, 0.15) is 33.4 Å². The zero-order valence-electron chi connectivity index (χ0n) is 12.7. The minimum atomic E-state index is 0. The Morgan fingerprint density at radius 2 is 0.737 bits per heavy atom. The summed E-state index contributed by atoms with van der Waals surface area (Å²) in [4.78, 5) is 0. The van der Waals surface area contributed by atoms with Gasteiger partial charge in [-0.1, -0.05) is 41.5 Å². The van der Waals surface area contributed by atoms with Crippen LogP contribution in [-0.4, -0.2) is 0 Å². The summed E-state index contributed by atoms with van der Waals surface area (Å²) in [5.41, 5.74) is 7.56. The molecule has 0 aliphatic rings. The molecule has 0 amide bonds. The molecule has 0 fully saturated rings. The summed E-state index contributed by atoms with van der Waals surface area (Å²) < 4.78 is 0. The summed E-state index contributed by atoms with van der Waals surface area (Å²) in [7, 11) is 0. The van der Waals surface area contributed by atoms with Crippen molar-refractivity contribution in [2.45, 2.75) is 41.5 Å². The Morgan fingerprint density at radius 3 is 0.895 bits per heavy atom. The zero-order valence-corrected chi connectivity index (χ0v) is 13.9. The monoisotopic (exact) mass is 293 g/mol. The van der Waals surface area contributed by atoms with E-state index >= 15 is 0 Å². The minimum absolute atomic E-state index is 0. The topological polar surface area (TPSA) is 0 Å². The Morgan fingerprint density at radius 1 is 0.526 bits per heavy atom. The van der Waals surface area contributed by atoms with Gasteiger partial charge in [-0.2, -0.15) is 69.8 Å². The van der Waals surface area contributed by atoms with E-state index in [9.17, 15) is 0 Å². The van der Waals surface area contributed by atoms with Crippen LogP contribution in [0.3, 0.4) is 0 Å². The van der Waals surface area contributed by atoms with Gasteiger partial charge in [0.25, 0.3) is 0 Å². The molecule has 0 spiro atoms. The van der Waals surface area contributed by atoms with Crippen LogP contribution in [0.2, 0.25) is 0 Å². The maximum Gasteiger partial charge on any atom is 2.00 e. The van der Waals surface area contributed by atoms with Crippen molar-refractivity contribution in [3.8, 4) is 0 Å². The van der Waals surface area contributed by atoms with Gasteiger partial charge in [0, 0.05) is 0 Å². The SMILES string of the molecule is Cc1[c-]c(C)cc(C)c1.Cc1[c-]c(C)cc(C)c1.[Mn+2]. The van der Waals surface area contributed by atoms with Crippen molar-refractivity contribution >= 4 is 0 Å². The summed E-state index contributed by atoms with van der Waals surface area (Å²) in [5, 5.41) is 0. The minimum Gasteiger partial charge on any atom is -0.177 e. The van der Waals surface area contributed by atoms with Gasteiger partial charge in [0.1, 0.15) is 0 Å². The molecule has 2 aromatic carbocycles. The first kappa shape index (κ1) is 18.0. The van der Waals surface area contributed by atoms with Gasteiger partial charge in [0.2, 0.25) is 0 Å². The number of hydrogen-bond donors (Lipinski definition) is 0. The first-order valence-electron chi connectivity index (χ1n) is 6.31. The Kier molecular flexibility index (Phi) is 7.75. The molecule has 101 valence electrons. The van der Waals surface area contributed by atoms with Crippen LogP contribution < -0.4 is 0 Å². The van der Waals surface area contributed by atoms with Gasteiger partial charge in [0.05, 0.1) is 0 Å². The fourth-order valence-electron chi connectivity index (χ4n) is 2.22. The summed E-state index contributed by atoms with van der Waals surface area (Å²) >= 11 is 0. The van der Waals surface area contributed by atoms with E-state index in [2.05, 4.69) is 77.9 Å². The van der Waals surface area contributed by atoms with Gasteiger partial charge in [-0.05, 0) is 0 Å². The number of hydrogen-bond acceptors (Lipinski definition) is 0. The molecule has 2 rings (SSSR count). The van der Waals surface area contributed by atoms with E-state index in [1.54, 1.807) is 0 Å². The van der Waals surface area contributed by atoms with E-state index in [1.807, 2.05) is 0 Å². The molecule has 0 atom stereocenters. The van der Waals surface area contributed by atoms with E-state index in [0.29, 0.717) is 0 Å². The summed E-state index contributed by atoms with van der Waals surface area (Å²) in [6, 6.07) is 14.9. The fraction of sp³-hybridized carbons (Fsp3) is 0.333. The van der Waals surface area contributed by atoms with Gasteiger partial charge in [-0.3, -0.25) is 0 Å². The number of benzene rings is 2. The average Bonchev–Trinajstić information content (AvgIpc) is 2.12. The van der Waals surface area contributed by atoms with Crippen molar-refractivity contribution in [3.63, 3.8) is 0 Å². The van der Waals surface area contributed by atoms with E-state index in [-0.39, 0.29) is 17.1 Å². The normalized spacial score (nSPS) is 9.16. The summed E-state index contributed by atoms with van der Waals surface area (Å²) in [5.74, 6) is 0. The van der Waals surface area contributed by atoms with E-state index in [1.165, 1.54) is 33.4 Å². The van der Waals surface area contributed by atoms with Gasteiger partial charge in [-0.25, -0.2) is 0 Å². The van der Waals surface area contributed by atoms with Crippen molar-refractivity contribution in [1.82, 2.24) is 0 Å². The van der Waals surface area contributed by atoms with Crippen molar-refractivity contribution < 1.29 is 17.1 Å². The predicted octanol–water partition coefficient (Wildman–Crippen LogP) is 4.82. The second kappa shape index (κ2) is 8.19. The third kappa shape index (κ3) is 7.20. The van der Waals surface area contributed by atoms with Crippen molar-refractivity contribution in [3.05, 3.63) is 69.8 Å². The molecule has 0 unspecified atom stereocenters. The Hall–Kier alpha value is -1.04. The molecule has 0 nitrogen and oxygen atoms in total. The Balaban J connectivity index is 0.000000324. The molecule has 0 saturated carbocycles. The molecule has 0 aliphatic carbocycles. The Labute approximate surface area is 128 Å². The molecular formula is C18H22Mn. The molecular weight excluding hydrogens is 271 g/mol. The van der Waals surface area contributed by atoms with Gasteiger partial charge in [0.15, 0.2) is 0 Å². The van der Waals surface area contributed by atoms with E-state index < -0.39 is 0 Å². The van der Waals surface area contributed by atoms with Crippen molar-refractivity contribution in [2.75, 3.05) is 0 Å². The van der Waals surface area contributed by atoms with Crippen LogP contribution in [0.4, 0.5) is 0 Å². The second-order valence-electron chi connectivity index (χ2n) is 5.05. The molecule has 0 bridgehead atoms. The van der Waals surface area contributed by atoms with Crippen LogP contribution >= 0.6 is 0 Å². The van der Waals surface area contributed by atoms with Gasteiger partial charge < -0.3 is 0 Å². The molecule has 0 N–H and O–H groups in total. The van der Waals surface area contributed by atoms with Gasteiger partial charge in [-0.15, -0.1) is 0 Å². The van der Waals surface area contributed by atoms with E-state index in [0.717, 1.165) is 0 Å². The van der Waals surface area contributed by atoms with Crippen LogP contribution in [0.5, 0.6) is 0 Å². The van der Waals surface area contributed by atoms with Crippen LogP contribution in [0.25, 0.3) is 0 Å². The van der Waals surface area contributed by atoms with Crippen LogP contribution in [-0.2, 0) is 17.1 Å². The second-order valence-corrected chi connectivity index (χ2v) is 5.05. The first-order valence-corrected chi connectivity index (χ1v) is 6.31. The zero-order chi connectivity index (χ0) is 13.7. The molecule has 19 heavy (non-hydrogen) atoms. The van der Waals surface area contributed by atoms with Crippen LogP contribution in [0, 0.1) is 53.7 Å². The largest absolute Gasteiger partial charge is 2.00 e. The van der Waals surface area contributed by atoms with Crippen molar-refractivity contribution in [2.24, 2.45) is 0 Å². The Bertz CT molecular complexity index is 377. The summed E-state index contributed by atoms with van der Waals surface area (Å²) in [6.07, 6.45) is 0. The van der Waals surface area contributed by atoms with Crippen LogP contribution in [0.15, 0.2) is 24.3 Å². The summed E-state index contributed by atoms with van der Waals surface area (Å²) in [6.45, 7) is 12.5. The van der Waals surface area contributed by atoms with Gasteiger partial charge >= 0.3 is 17.1 Å².